The Balaban J connectivity index is 2.63. The van der Waals surface area contributed by atoms with E-state index in [1.165, 1.54) is 6.26 Å². The van der Waals surface area contributed by atoms with E-state index >= 15 is 0 Å². The SMILES string of the molecule is Cc1cc(Br)cc2[nH]c(C(C)S(C)(=O)=O)nc12. The smallest absolute Gasteiger partial charge is 0.157 e. The average molecular weight is 317 g/mol. The summed E-state index contributed by atoms with van der Waals surface area (Å²) in [4.78, 5) is 7.43. The lowest BCUT2D eigenvalue weighted by Crippen LogP contribution is -2.09. The van der Waals surface area contributed by atoms with Crippen LogP contribution in [0.1, 0.15) is 23.6 Å². The van der Waals surface area contributed by atoms with Crippen molar-refractivity contribution in [3.63, 3.8) is 0 Å². The molecule has 92 valence electrons. The van der Waals surface area contributed by atoms with E-state index in [0.717, 1.165) is 21.1 Å². The zero-order valence-corrected chi connectivity index (χ0v) is 12.2. The standard InChI is InChI=1S/C11H13BrN2O2S/c1-6-4-8(12)5-9-10(6)14-11(13-9)7(2)17(3,15)16/h4-5,7H,1-3H3,(H,13,14). The Morgan fingerprint density at radius 3 is 2.65 bits per heavy atom. The summed E-state index contributed by atoms with van der Waals surface area (Å²) in [5, 5.41) is -0.618. The van der Waals surface area contributed by atoms with Crippen LogP contribution in [0.15, 0.2) is 16.6 Å². The lowest BCUT2D eigenvalue weighted by molar-refractivity contribution is 0.590. The molecule has 1 heterocycles. The third kappa shape index (κ3) is 2.37. The molecule has 2 aromatic rings. The normalized spacial score (nSPS) is 14.1. The van der Waals surface area contributed by atoms with Crippen molar-refractivity contribution in [2.75, 3.05) is 6.26 Å². The number of hydrogen-bond donors (Lipinski definition) is 1. The number of aromatic nitrogens is 2. The molecule has 17 heavy (non-hydrogen) atoms. The van der Waals surface area contributed by atoms with Gasteiger partial charge in [0.1, 0.15) is 11.1 Å². The predicted octanol–water partition coefficient (Wildman–Crippen LogP) is 2.74. The van der Waals surface area contributed by atoms with E-state index in [-0.39, 0.29) is 0 Å². The number of H-pyrrole nitrogens is 1. The second-order valence-corrected chi connectivity index (χ2v) is 7.49. The highest BCUT2D eigenvalue weighted by Gasteiger charge is 2.21. The molecule has 0 fully saturated rings. The number of sulfone groups is 1. The van der Waals surface area contributed by atoms with Gasteiger partial charge in [0.05, 0.1) is 11.0 Å². The number of nitrogens with zero attached hydrogens (tertiary/aromatic N) is 1. The first-order valence-electron chi connectivity index (χ1n) is 5.13. The largest absolute Gasteiger partial charge is 0.341 e. The van der Waals surface area contributed by atoms with Crippen LogP contribution in [-0.4, -0.2) is 24.6 Å². The maximum Gasteiger partial charge on any atom is 0.157 e. The van der Waals surface area contributed by atoms with Gasteiger partial charge in [0.2, 0.25) is 0 Å². The molecule has 0 aliphatic heterocycles. The fraction of sp³-hybridized carbons (Fsp3) is 0.364. The number of fused-ring (bicyclic) bond motifs is 1. The number of rotatable bonds is 2. The Bertz CT molecular complexity index is 676. The van der Waals surface area contributed by atoms with Gasteiger partial charge in [0, 0.05) is 10.7 Å². The van der Waals surface area contributed by atoms with Crippen LogP contribution in [0.3, 0.4) is 0 Å². The molecule has 1 N–H and O–H groups in total. The van der Waals surface area contributed by atoms with Gasteiger partial charge in [-0.15, -0.1) is 0 Å². The maximum atomic E-state index is 11.5. The number of imidazole rings is 1. The van der Waals surface area contributed by atoms with Gasteiger partial charge in [-0.1, -0.05) is 15.9 Å². The lowest BCUT2D eigenvalue weighted by atomic mass is 10.2. The van der Waals surface area contributed by atoms with Crippen molar-refractivity contribution in [3.8, 4) is 0 Å². The molecule has 0 aliphatic rings. The van der Waals surface area contributed by atoms with Crippen LogP contribution >= 0.6 is 15.9 Å². The number of aryl methyl sites for hydroxylation is 1. The fourth-order valence-electron chi connectivity index (χ4n) is 1.66. The zero-order chi connectivity index (χ0) is 12.8. The van der Waals surface area contributed by atoms with E-state index in [2.05, 4.69) is 25.9 Å². The minimum absolute atomic E-state index is 0.490. The first kappa shape index (κ1) is 12.6. The average Bonchev–Trinajstić information content (AvgIpc) is 2.58. The van der Waals surface area contributed by atoms with Crippen molar-refractivity contribution in [1.29, 1.82) is 0 Å². The van der Waals surface area contributed by atoms with Gasteiger partial charge < -0.3 is 4.98 Å². The van der Waals surface area contributed by atoms with Crippen LogP contribution in [0.2, 0.25) is 0 Å². The summed E-state index contributed by atoms with van der Waals surface area (Å²) >= 11 is 3.40. The second-order valence-electron chi connectivity index (χ2n) is 4.21. The molecule has 0 saturated carbocycles. The minimum atomic E-state index is -3.13. The van der Waals surface area contributed by atoms with Crippen molar-refractivity contribution in [3.05, 3.63) is 28.0 Å². The molecule has 0 saturated heterocycles. The van der Waals surface area contributed by atoms with Crippen molar-refractivity contribution >= 4 is 36.8 Å². The van der Waals surface area contributed by atoms with Gasteiger partial charge in [-0.25, -0.2) is 13.4 Å². The van der Waals surface area contributed by atoms with E-state index in [1.807, 2.05) is 19.1 Å². The zero-order valence-electron chi connectivity index (χ0n) is 9.78. The van der Waals surface area contributed by atoms with Gasteiger partial charge in [-0.2, -0.15) is 0 Å². The Hall–Kier alpha value is -0.880. The van der Waals surface area contributed by atoms with Crippen molar-refractivity contribution in [2.24, 2.45) is 0 Å². The summed E-state index contributed by atoms with van der Waals surface area (Å²) in [5.74, 6) is 0.490. The van der Waals surface area contributed by atoms with Crippen LogP contribution in [0, 0.1) is 6.92 Å². The number of nitrogens with one attached hydrogen (secondary N) is 1. The summed E-state index contributed by atoms with van der Waals surface area (Å²) in [6, 6.07) is 3.85. The highest BCUT2D eigenvalue weighted by Crippen LogP contribution is 2.26. The van der Waals surface area contributed by atoms with Crippen molar-refractivity contribution < 1.29 is 8.42 Å². The number of hydrogen-bond acceptors (Lipinski definition) is 3. The summed E-state index contributed by atoms with van der Waals surface area (Å²) < 4.78 is 23.9. The Kier molecular flexibility index (Phi) is 3.03. The van der Waals surface area contributed by atoms with Gasteiger partial charge in [-0.05, 0) is 31.5 Å². The topological polar surface area (TPSA) is 62.8 Å². The monoisotopic (exact) mass is 316 g/mol. The Morgan fingerprint density at radius 1 is 1.41 bits per heavy atom. The molecule has 1 aromatic heterocycles. The van der Waals surface area contributed by atoms with Gasteiger partial charge in [0.25, 0.3) is 0 Å². The first-order chi connectivity index (χ1) is 7.79. The fourth-order valence-corrected chi connectivity index (χ4v) is 2.75. The minimum Gasteiger partial charge on any atom is -0.341 e. The number of halogens is 1. The molecule has 6 heteroatoms. The molecule has 0 radical (unpaired) electrons. The van der Waals surface area contributed by atoms with E-state index in [9.17, 15) is 8.42 Å². The van der Waals surface area contributed by atoms with Crippen molar-refractivity contribution in [2.45, 2.75) is 19.1 Å². The molecule has 0 spiro atoms. The molecule has 4 nitrogen and oxygen atoms in total. The molecule has 1 atom stereocenters. The molecule has 0 bridgehead atoms. The lowest BCUT2D eigenvalue weighted by Gasteiger charge is -2.04. The van der Waals surface area contributed by atoms with Crippen LogP contribution in [0.4, 0.5) is 0 Å². The van der Waals surface area contributed by atoms with Gasteiger partial charge in [0.15, 0.2) is 9.84 Å². The summed E-state index contributed by atoms with van der Waals surface area (Å²) in [6.07, 6.45) is 1.22. The van der Waals surface area contributed by atoms with Gasteiger partial charge in [-0.3, -0.25) is 0 Å². The molecular weight excluding hydrogens is 304 g/mol. The van der Waals surface area contributed by atoms with E-state index < -0.39 is 15.1 Å². The molecule has 1 aromatic carbocycles. The quantitative estimate of drug-likeness (QED) is 0.926. The third-order valence-electron chi connectivity index (χ3n) is 2.79. The second kappa shape index (κ2) is 4.10. The van der Waals surface area contributed by atoms with Crippen LogP contribution in [0.5, 0.6) is 0 Å². The van der Waals surface area contributed by atoms with E-state index in [0.29, 0.717) is 5.82 Å². The summed E-state index contributed by atoms with van der Waals surface area (Å²) in [6.45, 7) is 3.58. The molecule has 0 aliphatic carbocycles. The van der Waals surface area contributed by atoms with E-state index in [1.54, 1.807) is 6.92 Å². The predicted molar refractivity (Wildman–Crippen MR) is 71.8 cm³/mol. The number of benzene rings is 1. The molecule has 1 unspecified atom stereocenters. The third-order valence-corrected chi connectivity index (χ3v) is 4.75. The molecule has 2 rings (SSSR count). The Labute approximate surface area is 108 Å². The van der Waals surface area contributed by atoms with E-state index in [4.69, 9.17) is 0 Å². The molecular formula is C11H13BrN2O2S. The van der Waals surface area contributed by atoms with Crippen molar-refractivity contribution in [1.82, 2.24) is 9.97 Å². The summed E-state index contributed by atoms with van der Waals surface area (Å²) in [7, 11) is -3.13. The van der Waals surface area contributed by atoms with Gasteiger partial charge >= 0.3 is 0 Å². The van der Waals surface area contributed by atoms with Crippen LogP contribution in [-0.2, 0) is 9.84 Å². The number of aromatic amines is 1. The summed E-state index contributed by atoms with van der Waals surface area (Å²) in [5.41, 5.74) is 2.68. The van der Waals surface area contributed by atoms with Crippen LogP contribution < -0.4 is 0 Å². The highest BCUT2D eigenvalue weighted by molar-refractivity contribution is 9.10. The van der Waals surface area contributed by atoms with Crippen LogP contribution in [0.25, 0.3) is 11.0 Å². The highest BCUT2D eigenvalue weighted by atomic mass is 79.9. The first-order valence-corrected chi connectivity index (χ1v) is 7.88. The Morgan fingerprint density at radius 2 is 2.06 bits per heavy atom. The molecule has 0 amide bonds. The maximum absolute atomic E-state index is 11.5.